The maximum Gasteiger partial charge on any atom is 0.270 e. The number of thiophene rings is 1. The summed E-state index contributed by atoms with van der Waals surface area (Å²) in [4.78, 5) is 34.3. The molecular formula is C24H19N3O4S2. The lowest BCUT2D eigenvalue weighted by Gasteiger charge is -2.21. The molecule has 166 valence electrons. The molecule has 0 fully saturated rings. The highest BCUT2D eigenvalue weighted by molar-refractivity contribution is 7.14. The molecule has 0 bridgehead atoms. The van der Waals surface area contributed by atoms with Crippen LogP contribution in [0.5, 0.6) is 0 Å². The first-order chi connectivity index (χ1) is 16.1. The molecule has 5 rings (SSSR count). The van der Waals surface area contributed by atoms with E-state index in [1.807, 2.05) is 47.2 Å². The monoisotopic (exact) mass is 477 g/mol. The van der Waals surface area contributed by atoms with Crippen LogP contribution in [0, 0.1) is 0 Å². The number of nitrogens with zero attached hydrogens (tertiary/aromatic N) is 3. The molecule has 1 aromatic carbocycles. The summed E-state index contributed by atoms with van der Waals surface area (Å²) in [5.41, 5.74) is 2.09. The summed E-state index contributed by atoms with van der Waals surface area (Å²) in [5, 5.41) is 5.22. The molecular weight excluding hydrogens is 458 g/mol. The molecule has 0 radical (unpaired) electrons. The molecule has 2 amide bonds. The van der Waals surface area contributed by atoms with Gasteiger partial charge >= 0.3 is 0 Å². The van der Waals surface area contributed by atoms with Crippen LogP contribution in [0.2, 0.25) is 0 Å². The lowest BCUT2D eigenvalue weighted by molar-refractivity contribution is -0.118. The molecule has 0 aliphatic rings. The van der Waals surface area contributed by atoms with Gasteiger partial charge in [0.25, 0.3) is 5.91 Å². The Labute approximate surface area is 197 Å². The number of carbonyl (C=O) groups is 2. The molecule has 9 heteroatoms. The van der Waals surface area contributed by atoms with E-state index in [0.29, 0.717) is 27.2 Å². The predicted molar refractivity (Wildman–Crippen MR) is 130 cm³/mol. The van der Waals surface area contributed by atoms with Crippen molar-refractivity contribution in [3.8, 4) is 11.5 Å². The Morgan fingerprint density at radius 3 is 2.73 bits per heavy atom. The average molecular weight is 478 g/mol. The van der Waals surface area contributed by atoms with Crippen LogP contribution in [0.25, 0.3) is 22.4 Å². The zero-order chi connectivity index (χ0) is 22.8. The van der Waals surface area contributed by atoms with Gasteiger partial charge in [-0.15, -0.1) is 22.7 Å². The van der Waals surface area contributed by atoms with Crippen molar-refractivity contribution in [1.82, 2.24) is 4.98 Å². The van der Waals surface area contributed by atoms with Gasteiger partial charge in [0.05, 0.1) is 16.8 Å². The van der Waals surface area contributed by atoms with E-state index in [1.54, 1.807) is 24.1 Å². The summed E-state index contributed by atoms with van der Waals surface area (Å²) >= 11 is 2.70. The Bertz CT molecular complexity index is 1350. The van der Waals surface area contributed by atoms with Crippen molar-refractivity contribution in [3.05, 3.63) is 76.7 Å². The molecule has 0 unspecified atom stereocenters. The van der Waals surface area contributed by atoms with Gasteiger partial charge in [-0.25, -0.2) is 4.98 Å². The number of para-hydroxylation sites is 1. The van der Waals surface area contributed by atoms with E-state index in [0.717, 1.165) is 11.0 Å². The lowest BCUT2D eigenvalue weighted by Crippen LogP contribution is -2.35. The van der Waals surface area contributed by atoms with Crippen LogP contribution in [0.15, 0.2) is 80.7 Å². The number of aromatic nitrogens is 1. The highest BCUT2D eigenvalue weighted by Crippen LogP contribution is 2.32. The number of thiazole rings is 1. The molecule has 0 spiro atoms. The first-order valence-electron chi connectivity index (χ1n) is 10.2. The van der Waals surface area contributed by atoms with E-state index < -0.39 is 0 Å². The molecule has 0 aliphatic carbocycles. The standard InChI is InChI=1S/C24H19N3O4S2/c1-26(17-9-11-30-14-17)22(28)8-10-27(23(29)21-7-4-12-32-21)24-25-18(15-33-24)20-13-16-5-2-3-6-19(16)31-20/h2-7,9,11-15H,8,10H2,1H3. The molecule has 4 aromatic heterocycles. The maximum absolute atomic E-state index is 13.2. The van der Waals surface area contributed by atoms with Crippen LogP contribution < -0.4 is 9.80 Å². The highest BCUT2D eigenvalue weighted by atomic mass is 32.1. The van der Waals surface area contributed by atoms with E-state index in [4.69, 9.17) is 8.83 Å². The van der Waals surface area contributed by atoms with Crippen molar-refractivity contribution in [2.45, 2.75) is 6.42 Å². The number of fused-ring (bicyclic) bond motifs is 1. The number of hydrogen-bond acceptors (Lipinski definition) is 7. The van der Waals surface area contributed by atoms with E-state index in [2.05, 4.69) is 4.98 Å². The van der Waals surface area contributed by atoms with Crippen LogP contribution in [0.1, 0.15) is 16.1 Å². The summed E-state index contributed by atoms with van der Waals surface area (Å²) in [6.07, 6.45) is 3.16. The zero-order valence-electron chi connectivity index (χ0n) is 17.6. The summed E-state index contributed by atoms with van der Waals surface area (Å²) in [7, 11) is 1.68. The molecule has 0 saturated carbocycles. The van der Waals surface area contributed by atoms with Crippen molar-refractivity contribution in [3.63, 3.8) is 0 Å². The van der Waals surface area contributed by atoms with Gasteiger partial charge in [-0.3, -0.25) is 14.5 Å². The zero-order valence-corrected chi connectivity index (χ0v) is 19.3. The van der Waals surface area contributed by atoms with Crippen molar-refractivity contribution in [2.24, 2.45) is 0 Å². The predicted octanol–water partition coefficient (Wildman–Crippen LogP) is 5.91. The second-order valence-corrected chi connectivity index (χ2v) is 9.07. The molecule has 0 N–H and O–H groups in total. The molecule has 0 atom stereocenters. The van der Waals surface area contributed by atoms with Gasteiger partial charge < -0.3 is 13.7 Å². The van der Waals surface area contributed by atoms with Crippen molar-refractivity contribution >= 4 is 56.3 Å². The molecule has 0 saturated heterocycles. The minimum Gasteiger partial charge on any atom is -0.470 e. The maximum atomic E-state index is 13.2. The number of furan rings is 2. The number of carbonyl (C=O) groups excluding carboxylic acids is 2. The fourth-order valence-electron chi connectivity index (χ4n) is 3.39. The number of anilines is 2. The summed E-state index contributed by atoms with van der Waals surface area (Å²) in [6, 6.07) is 15.0. The second kappa shape index (κ2) is 9.05. The topological polar surface area (TPSA) is 79.8 Å². The van der Waals surface area contributed by atoms with Crippen LogP contribution in [-0.2, 0) is 4.79 Å². The van der Waals surface area contributed by atoms with Crippen molar-refractivity contribution in [1.29, 1.82) is 0 Å². The molecule has 0 aliphatic heterocycles. The van der Waals surface area contributed by atoms with Gasteiger partial charge in [-0.2, -0.15) is 0 Å². The van der Waals surface area contributed by atoms with Crippen LogP contribution in [0.3, 0.4) is 0 Å². The fraction of sp³-hybridized carbons (Fsp3) is 0.125. The first kappa shape index (κ1) is 21.2. The number of amides is 2. The van der Waals surface area contributed by atoms with E-state index in [-0.39, 0.29) is 24.8 Å². The Kier molecular flexibility index (Phi) is 5.80. The average Bonchev–Trinajstić information content (AvgIpc) is 3.64. The van der Waals surface area contributed by atoms with Gasteiger partial charge in [-0.1, -0.05) is 24.3 Å². The normalized spacial score (nSPS) is 11.1. The third-order valence-electron chi connectivity index (χ3n) is 5.19. The number of hydrogen-bond donors (Lipinski definition) is 0. The Morgan fingerprint density at radius 2 is 1.97 bits per heavy atom. The largest absolute Gasteiger partial charge is 0.470 e. The van der Waals surface area contributed by atoms with Gasteiger partial charge in [0.1, 0.15) is 17.5 Å². The van der Waals surface area contributed by atoms with Gasteiger partial charge in [0, 0.05) is 36.8 Å². The number of benzene rings is 1. The Balaban J connectivity index is 1.40. The smallest absolute Gasteiger partial charge is 0.270 e. The number of rotatable bonds is 7. The quantitative estimate of drug-likeness (QED) is 0.291. The first-order valence-corrected chi connectivity index (χ1v) is 11.9. The van der Waals surface area contributed by atoms with Crippen LogP contribution >= 0.6 is 22.7 Å². The van der Waals surface area contributed by atoms with E-state index in [9.17, 15) is 9.59 Å². The van der Waals surface area contributed by atoms with E-state index >= 15 is 0 Å². The van der Waals surface area contributed by atoms with Crippen LogP contribution in [0.4, 0.5) is 10.8 Å². The van der Waals surface area contributed by atoms with Gasteiger partial charge in [0.15, 0.2) is 10.9 Å². The van der Waals surface area contributed by atoms with Gasteiger partial charge in [0.2, 0.25) is 5.91 Å². The molecule has 33 heavy (non-hydrogen) atoms. The second-order valence-electron chi connectivity index (χ2n) is 7.28. The minimum absolute atomic E-state index is 0.130. The summed E-state index contributed by atoms with van der Waals surface area (Å²) < 4.78 is 11.0. The third kappa shape index (κ3) is 4.33. The SMILES string of the molecule is CN(C(=O)CCN(C(=O)c1cccs1)c1nc(-c2cc3ccccc3o2)cs1)c1ccoc1. The summed E-state index contributed by atoms with van der Waals surface area (Å²) in [5.74, 6) is 0.321. The van der Waals surface area contributed by atoms with E-state index in [1.165, 1.54) is 40.1 Å². The van der Waals surface area contributed by atoms with Crippen molar-refractivity contribution in [2.75, 3.05) is 23.4 Å². The Hall–Kier alpha value is -3.69. The van der Waals surface area contributed by atoms with Crippen LogP contribution in [-0.4, -0.2) is 30.4 Å². The Morgan fingerprint density at radius 1 is 1.09 bits per heavy atom. The molecule has 7 nitrogen and oxygen atoms in total. The fourth-order valence-corrected chi connectivity index (χ4v) is 4.90. The molecule has 4 heterocycles. The van der Waals surface area contributed by atoms with Crippen molar-refractivity contribution < 1.29 is 18.4 Å². The lowest BCUT2D eigenvalue weighted by atomic mass is 10.2. The highest BCUT2D eigenvalue weighted by Gasteiger charge is 2.24. The molecule has 5 aromatic rings. The minimum atomic E-state index is -0.186. The summed E-state index contributed by atoms with van der Waals surface area (Å²) in [6.45, 7) is 0.199. The van der Waals surface area contributed by atoms with Gasteiger partial charge in [-0.05, 0) is 23.6 Å². The third-order valence-corrected chi connectivity index (χ3v) is 6.92.